The number of ether oxygens (including phenoxy) is 2. The molecule has 0 N–H and O–H groups in total. The van der Waals surface area contributed by atoms with E-state index < -0.39 is 5.97 Å². The molecule has 0 aliphatic carbocycles. The van der Waals surface area contributed by atoms with Crippen LogP contribution in [0.2, 0.25) is 0 Å². The summed E-state index contributed by atoms with van der Waals surface area (Å²) in [5.74, 6) is -0.365. The molecule has 0 atom stereocenters. The van der Waals surface area contributed by atoms with Crippen LogP contribution in [0, 0.1) is 5.82 Å². The van der Waals surface area contributed by atoms with Crippen LogP contribution >= 0.6 is 0 Å². The Morgan fingerprint density at radius 2 is 2.16 bits per heavy atom. The first-order chi connectivity index (χ1) is 9.19. The largest absolute Gasteiger partial charge is 0.487 e. The highest BCUT2D eigenvalue weighted by Gasteiger charge is 2.05. The molecule has 0 saturated carbocycles. The lowest BCUT2D eigenvalue weighted by Gasteiger charge is -2.06. The molecule has 0 unspecified atom stereocenters. The number of benzene rings is 1. The highest BCUT2D eigenvalue weighted by molar-refractivity contribution is 5.88. The van der Waals surface area contributed by atoms with Crippen LogP contribution in [0.4, 0.5) is 4.39 Å². The van der Waals surface area contributed by atoms with Crippen LogP contribution in [-0.2, 0) is 11.3 Å². The van der Waals surface area contributed by atoms with Gasteiger partial charge in [-0.15, -0.1) is 0 Å². The maximum Gasteiger partial charge on any atom is 0.339 e. The molecular weight excluding hydrogens is 249 g/mol. The van der Waals surface area contributed by atoms with Gasteiger partial charge >= 0.3 is 5.97 Å². The topological polar surface area (TPSA) is 48.4 Å². The van der Waals surface area contributed by atoms with E-state index in [1.54, 1.807) is 24.3 Å². The van der Waals surface area contributed by atoms with Gasteiger partial charge in [-0.25, -0.2) is 9.18 Å². The third-order valence-corrected chi connectivity index (χ3v) is 2.43. The number of hydrogen-bond acceptors (Lipinski definition) is 4. The van der Waals surface area contributed by atoms with Crippen LogP contribution in [0.5, 0.6) is 5.75 Å². The van der Waals surface area contributed by atoms with Gasteiger partial charge in [-0.2, -0.15) is 0 Å². The summed E-state index contributed by atoms with van der Waals surface area (Å²) in [6, 6.07) is 9.12. The van der Waals surface area contributed by atoms with Crippen molar-refractivity contribution < 1.29 is 18.7 Å². The van der Waals surface area contributed by atoms with Crippen LogP contribution < -0.4 is 4.74 Å². The molecule has 4 nitrogen and oxygen atoms in total. The van der Waals surface area contributed by atoms with Gasteiger partial charge < -0.3 is 9.47 Å². The number of pyridine rings is 1. The molecule has 0 bridgehead atoms. The van der Waals surface area contributed by atoms with Gasteiger partial charge in [0.25, 0.3) is 0 Å². The number of halogens is 1. The maximum absolute atomic E-state index is 12.9. The van der Waals surface area contributed by atoms with Crippen molar-refractivity contribution in [2.24, 2.45) is 0 Å². The molecule has 1 heterocycles. The van der Waals surface area contributed by atoms with E-state index in [-0.39, 0.29) is 12.4 Å². The SMILES string of the molecule is COC(=O)c1ccc(COc2cccc(F)c2)nc1. The molecule has 0 fully saturated rings. The van der Waals surface area contributed by atoms with E-state index in [4.69, 9.17) is 4.74 Å². The second-order valence-corrected chi connectivity index (χ2v) is 3.78. The van der Waals surface area contributed by atoms with Crippen LogP contribution in [-0.4, -0.2) is 18.1 Å². The summed E-state index contributed by atoms with van der Waals surface area (Å²) in [4.78, 5) is 15.3. The average molecular weight is 261 g/mol. The van der Waals surface area contributed by atoms with E-state index in [1.807, 2.05) is 0 Å². The van der Waals surface area contributed by atoms with Crippen molar-refractivity contribution in [1.29, 1.82) is 0 Å². The molecule has 0 saturated heterocycles. The third-order valence-electron chi connectivity index (χ3n) is 2.43. The Balaban J connectivity index is 1.98. The second-order valence-electron chi connectivity index (χ2n) is 3.78. The second kappa shape index (κ2) is 5.95. The summed E-state index contributed by atoms with van der Waals surface area (Å²) in [7, 11) is 1.31. The van der Waals surface area contributed by atoms with Gasteiger partial charge in [-0.3, -0.25) is 4.98 Å². The molecule has 0 radical (unpaired) electrons. The van der Waals surface area contributed by atoms with Crippen molar-refractivity contribution in [3.63, 3.8) is 0 Å². The van der Waals surface area contributed by atoms with Gasteiger partial charge in [0.05, 0.1) is 18.4 Å². The molecule has 0 aliphatic heterocycles. The lowest BCUT2D eigenvalue weighted by molar-refractivity contribution is 0.0600. The Labute approximate surface area is 109 Å². The van der Waals surface area contributed by atoms with E-state index in [9.17, 15) is 9.18 Å². The zero-order valence-electron chi connectivity index (χ0n) is 10.3. The fourth-order valence-corrected chi connectivity index (χ4v) is 1.46. The summed E-state index contributed by atoms with van der Waals surface area (Å²) in [6.45, 7) is 0.199. The van der Waals surface area contributed by atoms with Crippen molar-refractivity contribution in [2.75, 3.05) is 7.11 Å². The van der Waals surface area contributed by atoms with Crippen molar-refractivity contribution in [2.45, 2.75) is 6.61 Å². The van der Waals surface area contributed by atoms with E-state index >= 15 is 0 Å². The summed E-state index contributed by atoms with van der Waals surface area (Å²) in [5.41, 5.74) is 1.01. The quantitative estimate of drug-likeness (QED) is 0.794. The first-order valence-corrected chi connectivity index (χ1v) is 5.60. The zero-order chi connectivity index (χ0) is 13.7. The molecular formula is C14H12FNO3. The number of hydrogen-bond donors (Lipinski definition) is 0. The lowest BCUT2D eigenvalue weighted by Crippen LogP contribution is -2.04. The fourth-order valence-electron chi connectivity index (χ4n) is 1.46. The molecule has 0 aliphatic rings. The fraction of sp³-hybridized carbons (Fsp3) is 0.143. The van der Waals surface area contributed by atoms with Gasteiger partial charge in [0.15, 0.2) is 0 Å². The first-order valence-electron chi connectivity index (χ1n) is 5.60. The number of esters is 1. The Kier molecular flexibility index (Phi) is 4.07. The smallest absolute Gasteiger partial charge is 0.339 e. The Morgan fingerprint density at radius 1 is 1.32 bits per heavy atom. The zero-order valence-corrected chi connectivity index (χ0v) is 10.3. The standard InChI is InChI=1S/C14H12FNO3/c1-18-14(17)10-5-6-12(16-8-10)9-19-13-4-2-3-11(15)7-13/h2-8H,9H2,1H3. The number of rotatable bonds is 4. The minimum atomic E-state index is -0.440. The van der Waals surface area contributed by atoms with Crippen molar-refractivity contribution in [3.05, 3.63) is 59.7 Å². The van der Waals surface area contributed by atoms with Gasteiger partial charge in [0.1, 0.15) is 18.2 Å². The number of nitrogens with zero attached hydrogens (tertiary/aromatic N) is 1. The van der Waals surface area contributed by atoms with Crippen LogP contribution in [0.15, 0.2) is 42.6 Å². The molecule has 2 rings (SSSR count). The van der Waals surface area contributed by atoms with E-state index in [1.165, 1.54) is 25.4 Å². The minimum Gasteiger partial charge on any atom is -0.487 e. The van der Waals surface area contributed by atoms with E-state index in [0.717, 1.165) is 0 Å². The molecule has 0 spiro atoms. The van der Waals surface area contributed by atoms with Gasteiger partial charge in [-0.05, 0) is 24.3 Å². The Bertz CT molecular complexity index is 569. The number of methoxy groups -OCH3 is 1. The molecule has 0 amide bonds. The predicted molar refractivity (Wildman–Crippen MR) is 66.3 cm³/mol. The summed E-state index contributed by atoms with van der Waals surface area (Å²) in [5, 5.41) is 0. The van der Waals surface area contributed by atoms with Crippen molar-refractivity contribution >= 4 is 5.97 Å². The molecule has 98 valence electrons. The molecule has 2 aromatic rings. The molecule has 19 heavy (non-hydrogen) atoms. The number of carbonyl (C=O) groups excluding carboxylic acids is 1. The number of aromatic nitrogens is 1. The normalized spacial score (nSPS) is 10.0. The van der Waals surface area contributed by atoms with Crippen molar-refractivity contribution in [1.82, 2.24) is 4.98 Å². The Hall–Kier alpha value is -2.43. The first kappa shape index (κ1) is 13.0. The third kappa shape index (κ3) is 3.51. The van der Waals surface area contributed by atoms with Crippen molar-refractivity contribution in [3.8, 4) is 5.75 Å². The summed E-state index contributed by atoms with van der Waals surface area (Å²) >= 11 is 0. The average Bonchev–Trinajstić information content (AvgIpc) is 2.45. The molecule has 1 aromatic carbocycles. The maximum atomic E-state index is 12.9. The van der Waals surface area contributed by atoms with Gasteiger partial charge in [0.2, 0.25) is 0 Å². The monoisotopic (exact) mass is 261 g/mol. The van der Waals surface area contributed by atoms with Crippen LogP contribution in [0.1, 0.15) is 16.1 Å². The number of carbonyl (C=O) groups is 1. The minimum absolute atomic E-state index is 0.199. The van der Waals surface area contributed by atoms with E-state index in [2.05, 4.69) is 9.72 Å². The van der Waals surface area contributed by atoms with E-state index in [0.29, 0.717) is 17.0 Å². The molecule has 1 aromatic heterocycles. The highest BCUT2D eigenvalue weighted by atomic mass is 19.1. The summed E-state index contributed by atoms with van der Waals surface area (Å²) in [6.07, 6.45) is 1.41. The van der Waals surface area contributed by atoms with Gasteiger partial charge in [-0.1, -0.05) is 6.07 Å². The lowest BCUT2D eigenvalue weighted by atomic mass is 10.2. The van der Waals surface area contributed by atoms with Crippen LogP contribution in [0.3, 0.4) is 0 Å². The highest BCUT2D eigenvalue weighted by Crippen LogP contribution is 2.13. The van der Waals surface area contributed by atoms with Crippen LogP contribution in [0.25, 0.3) is 0 Å². The summed E-state index contributed by atoms with van der Waals surface area (Å²) < 4.78 is 22.9. The van der Waals surface area contributed by atoms with Gasteiger partial charge in [0, 0.05) is 12.3 Å². The molecule has 5 heteroatoms. The Morgan fingerprint density at radius 3 is 2.79 bits per heavy atom. The predicted octanol–water partition coefficient (Wildman–Crippen LogP) is 2.59.